The first-order valence-electron chi connectivity index (χ1n) is 4.90. The molecule has 2 aromatic rings. The molecule has 94 valence electrons. The molecule has 7 heteroatoms. The molecule has 0 atom stereocenters. The third kappa shape index (κ3) is 2.35. The zero-order valence-corrected chi connectivity index (χ0v) is 9.79. The zero-order valence-electron chi connectivity index (χ0n) is 8.98. The van der Waals surface area contributed by atoms with Crippen LogP contribution in [0.4, 0.5) is 13.2 Å². The van der Waals surface area contributed by atoms with Gasteiger partial charge in [0.25, 0.3) is 0 Å². The minimum atomic E-state index is -4.42. The lowest BCUT2D eigenvalue weighted by Crippen LogP contribution is -2.13. The summed E-state index contributed by atoms with van der Waals surface area (Å²) in [7, 11) is 0. The molecule has 0 unspecified atom stereocenters. The topological polar surface area (TPSA) is 43.8 Å². The van der Waals surface area contributed by atoms with Gasteiger partial charge in [-0.25, -0.2) is 4.68 Å². The average molecular weight is 271 g/mol. The lowest BCUT2D eigenvalue weighted by molar-refractivity contribution is -0.137. The standard InChI is InChI=1S/C11H8F3N3S/c12-11(13,14)7-5-16-17(6-7)9-4-2-1-3-8(9)10(15)18/h1-6H,(H2,15,18). The van der Waals surface area contributed by atoms with Crippen molar-refractivity contribution in [2.24, 2.45) is 5.73 Å². The molecule has 1 heterocycles. The maximum absolute atomic E-state index is 12.5. The van der Waals surface area contributed by atoms with Gasteiger partial charge in [0, 0.05) is 11.8 Å². The van der Waals surface area contributed by atoms with Gasteiger partial charge >= 0.3 is 6.18 Å². The van der Waals surface area contributed by atoms with Gasteiger partial charge in [-0.3, -0.25) is 0 Å². The Bertz CT molecular complexity index is 589. The number of thiocarbonyl (C=S) groups is 1. The second kappa shape index (κ2) is 4.41. The molecule has 0 aliphatic rings. The number of rotatable bonds is 2. The molecule has 3 nitrogen and oxygen atoms in total. The minimum absolute atomic E-state index is 0.106. The van der Waals surface area contributed by atoms with Gasteiger partial charge < -0.3 is 5.73 Å². The molecule has 0 fully saturated rings. The van der Waals surface area contributed by atoms with Gasteiger partial charge in [0.15, 0.2) is 0 Å². The number of hydrogen-bond donors (Lipinski definition) is 1. The predicted molar refractivity (Wildman–Crippen MR) is 64.5 cm³/mol. The zero-order chi connectivity index (χ0) is 13.3. The van der Waals surface area contributed by atoms with Crippen LogP contribution in [0.25, 0.3) is 5.69 Å². The summed E-state index contributed by atoms with van der Waals surface area (Å²) in [6.07, 6.45) is -2.76. The van der Waals surface area contributed by atoms with Gasteiger partial charge in [-0.05, 0) is 12.1 Å². The number of halogens is 3. The Kier molecular flexibility index (Phi) is 3.08. The summed E-state index contributed by atoms with van der Waals surface area (Å²) in [6, 6.07) is 6.60. The van der Waals surface area contributed by atoms with Crippen LogP contribution in [-0.2, 0) is 6.18 Å². The largest absolute Gasteiger partial charge is 0.419 e. The van der Waals surface area contributed by atoms with Crippen molar-refractivity contribution < 1.29 is 13.2 Å². The molecule has 18 heavy (non-hydrogen) atoms. The normalized spacial score (nSPS) is 11.5. The van der Waals surface area contributed by atoms with Crippen molar-refractivity contribution in [1.29, 1.82) is 0 Å². The Morgan fingerprint density at radius 1 is 1.28 bits per heavy atom. The highest BCUT2D eigenvalue weighted by molar-refractivity contribution is 7.80. The maximum atomic E-state index is 12.5. The van der Waals surface area contributed by atoms with Crippen LogP contribution in [0.5, 0.6) is 0 Å². The Balaban J connectivity index is 2.50. The highest BCUT2D eigenvalue weighted by Crippen LogP contribution is 2.29. The number of nitrogens with zero attached hydrogens (tertiary/aromatic N) is 2. The summed E-state index contributed by atoms with van der Waals surface area (Å²) in [5, 5.41) is 3.68. The first-order chi connectivity index (χ1) is 8.39. The summed E-state index contributed by atoms with van der Waals surface area (Å²) >= 11 is 4.84. The molecule has 1 aromatic carbocycles. The highest BCUT2D eigenvalue weighted by atomic mass is 32.1. The Hall–Kier alpha value is -1.89. The summed E-state index contributed by atoms with van der Waals surface area (Å²) in [4.78, 5) is 0.106. The quantitative estimate of drug-likeness (QED) is 0.854. The van der Waals surface area contributed by atoms with Crippen LogP contribution in [-0.4, -0.2) is 14.8 Å². The van der Waals surface area contributed by atoms with Crippen molar-refractivity contribution >= 4 is 17.2 Å². The van der Waals surface area contributed by atoms with Crippen LogP contribution in [0, 0.1) is 0 Å². The first-order valence-corrected chi connectivity index (χ1v) is 5.31. The SMILES string of the molecule is NC(=S)c1ccccc1-n1cc(C(F)(F)F)cn1. The fourth-order valence-electron chi connectivity index (χ4n) is 1.48. The number of hydrogen-bond acceptors (Lipinski definition) is 2. The van der Waals surface area contributed by atoms with Crippen LogP contribution in [0.15, 0.2) is 36.7 Å². The molecule has 0 saturated carbocycles. The number of aromatic nitrogens is 2. The van der Waals surface area contributed by atoms with E-state index in [1.54, 1.807) is 24.3 Å². The Morgan fingerprint density at radius 3 is 2.50 bits per heavy atom. The number of alkyl halides is 3. The molecule has 0 bridgehead atoms. The fourth-order valence-corrected chi connectivity index (χ4v) is 1.66. The van der Waals surface area contributed by atoms with E-state index in [9.17, 15) is 13.2 Å². The van der Waals surface area contributed by atoms with Gasteiger partial charge in [-0.2, -0.15) is 18.3 Å². The molecule has 0 spiro atoms. The van der Waals surface area contributed by atoms with Crippen LogP contribution in [0.2, 0.25) is 0 Å². The molecule has 0 radical (unpaired) electrons. The monoisotopic (exact) mass is 271 g/mol. The second-order valence-corrected chi connectivity index (χ2v) is 3.99. The molecule has 2 N–H and O–H groups in total. The Labute approximate surface area is 106 Å². The summed E-state index contributed by atoms with van der Waals surface area (Å²) < 4.78 is 38.5. The van der Waals surface area contributed by atoms with Crippen LogP contribution in [0.1, 0.15) is 11.1 Å². The van der Waals surface area contributed by atoms with Gasteiger partial charge in [-0.15, -0.1) is 0 Å². The number of benzene rings is 1. The van der Waals surface area contributed by atoms with E-state index in [-0.39, 0.29) is 4.99 Å². The van der Waals surface area contributed by atoms with E-state index < -0.39 is 11.7 Å². The van der Waals surface area contributed by atoms with Gasteiger partial charge in [-0.1, -0.05) is 24.4 Å². The molecule has 0 saturated heterocycles. The van der Waals surface area contributed by atoms with Crippen LogP contribution in [0.3, 0.4) is 0 Å². The average Bonchev–Trinajstić information content (AvgIpc) is 2.77. The molecule has 0 aliphatic carbocycles. The van der Waals surface area contributed by atoms with Crippen LogP contribution < -0.4 is 5.73 Å². The molecule has 2 rings (SSSR count). The van der Waals surface area contributed by atoms with Gasteiger partial charge in [0.05, 0.1) is 17.4 Å². The van der Waals surface area contributed by atoms with Gasteiger partial charge in [0.2, 0.25) is 0 Å². The van der Waals surface area contributed by atoms with Crippen molar-refractivity contribution in [3.8, 4) is 5.69 Å². The molecular weight excluding hydrogens is 263 g/mol. The van der Waals surface area contributed by atoms with Crippen molar-refractivity contribution in [3.63, 3.8) is 0 Å². The van der Waals surface area contributed by atoms with E-state index in [1.165, 1.54) is 0 Å². The van der Waals surface area contributed by atoms with E-state index >= 15 is 0 Å². The van der Waals surface area contributed by atoms with Crippen LogP contribution >= 0.6 is 12.2 Å². The number of nitrogens with two attached hydrogens (primary N) is 1. The smallest absolute Gasteiger partial charge is 0.389 e. The highest BCUT2D eigenvalue weighted by Gasteiger charge is 2.32. The summed E-state index contributed by atoms with van der Waals surface area (Å²) in [6.45, 7) is 0. The molecular formula is C11H8F3N3S. The first kappa shape index (κ1) is 12.6. The third-order valence-corrected chi connectivity index (χ3v) is 2.55. The minimum Gasteiger partial charge on any atom is -0.389 e. The number of para-hydroxylation sites is 1. The van der Waals surface area contributed by atoms with E-state index in [1.807, 2.05) is 0 Å². The van der Waals surface area contributed by atoms with Crippen molar-refractivity contribution in [1.82, 2.24) is 9.78 Å². The summed E-state index contributed by atoms with van der Waals surface area (Å²) in [5.41, 5.74) is 5.59. The predicted octanol–water partition coefficient (Wildman–Crippen LogP) is 2.53. The van der Waals surface area contributed by atoms with Gasteiger partial charge in [0.1, 0.15) is 4.99 Å². The Morgan fingerprint density at radius 2 is 1.94 bits per heavy atom. The lowest BCUT2D eigenvalue weighted by Gasteiger charge is -2.07. The third-order valence-electron chi connectivity index (χ3n) is 2.33. The van der Waals surface area contributed by atoms with Crippen molar-refractivity contribution in [3.05, 3.63) is 47.8 Å². The van der Waals surface area contributed by atoms with E-state index in [0.717, 1.165) is 17.1 Å². The summed E-state index contributed by atoms with van der Waals surface area (Å²) in [5.74, 6) is 0. The molecule has 0 aliphatic heterocycles. The second-order valence-electron chi connectivity index (χ2n) is 3.55. The van der Waals surface area contributed by atoms with E-state index in [4.69, 9.17) is 18.0 Å². The lowest BCUT2D eigenvalue weighted by atomic mass is 10.2. The van der Waals surface area contributed by atoms with Crippen molar-refractivity contribution in [2.45, 2.75) is 6.18 Å². The fraction of sp³-hybridized carbons (Fsp3) is 0.0909. The molecule has 1 aromatic heterocycles. The molecule has 0 amide bonds. The maximum Gasteiger partial charge on any atom is 0.419 e. The van der Waals surface area contributed by atoms with E-state index in [2.05, 4.69) is 5.10 Å². The van der Waals surface area contributed by atoms with E-state index in [0.29, 0.717) is 11.3 Å². The van der Waals surface area contributed by atoms with Crippen molar-refractivity contribution in [2.75, 3.05) is 0 Å².